The first-order valence-corrected chi connectivity index (χ1v) is 8.22. The average Bonchev–Trinajstić information content (AvgIpc) is 3.28. The number of nitrogens with one attached hydrogen (secondary N) is 1. The van der Waals surface area contributed by atoms with Crippen molar-refractivity contribution in [3.63, 3.8) is 0 Å². The lowest BCUT2D eigenvalue weighted by atomic mass is 9.96. The van der Waals surface area contributed by atoms with Crippen LogP contribution >= 0.6 is 0 Å². The van der Waals surface area contributed by atoms with Crippen LogP contribution < -0.4 is 5.32 Å². The highest BCUT2D eigenvalue weighted by atomic mass is 16.3. The summed E-state index contributed by atoms with van der Waals surface area (Å²) in [6.45, 7) is 5.76. The number of hydrogen-bond acceptors (Lipinski definition) is 3. The quantitative estimate of drug-likeness (QED) is 0.773. The fraction of sp³-hybridized carbons (Fsp3) is 0.875. The van der Waals surface area contributed by atoms with E-state index >= 15 is 0 Å². The van der Waals surface area contributed by atoms with Gasteiger partial charge in [-0.1, -0.05) is 6.92 Å². The predicted molar refractivity (Wildman–Crippen MR) is 80.5 cm³/mol. The Kier molecular flexibility index (Phi) is 5.62. The summed E-state index contributed by atoms with van der Waals surface area (Å²) in [5, 5.41) is 12.3. The van der Waals surface area contributed by atoms with Crippen LogP contribution in [0.5, 0.6) is 0 Å². The number of hydrogen-bond donors (Lipinski definition) is 2. The molecule has 3 atom stereocenters. The molecule has 2 amide bonds. The Balaban J connectivity index is 1.75. The second-order valence-electron chi connectivity index (χ2n) is 6.83. The highest BCUT2D eigenvalue weighted by Crippen LogP contribution is 2.32. The van der Waals surface area contributed by atoms with Crippen molar-refractivity contribution < 1.29 is 14.7 Å². The molecule has 0 spiro atoms. The molecule has 1 aliphatic carbocycles. The number of carbonyl (C=O) groups is 2. The first kappa shape index (κ1) is 16.3. The fourth-order valence-electron chi connectivity index (χ4n) is 3.06. The number of aliphatic hydroxyl groups excluding tert-OH is 1. The third kappa shape index (κ3) is 4.99. The van der Waals surface area contributed by atoms with Crippen LogP contribution in [-0.2, 0) is 9.59 Å². The number of piperidine rings is 1. The normalized spacial score (nSPS) is 25.3. The van der Waals surface area contributed by atoms with Crippen LogP contribution in [0.25, 0.3) is 0 Å². The Morgan fingerprint density at radius 3 is 2.57 bits per heavy atom. The Bertz CT molecular complexity index is 380. The van der Waals surface area contributed by atoms with E-state index in [1.54, 1.807) is 6.92 Å². The Labute approximate surface area is 127 Å². The van der Waals surface area contributed by atoms with Gasteiger partial charge in [-0.15, -0.1) is 0 Å². The van der Waals surface area contributed by atoms with E-state index in [0.29, 0.717) is 19.5 Å². The minimum absolute atomic E-state index is 0.0562. The second kappa shape index (κ2) is 7.25. The van der Waals surface area contributed by atoms with Crippen molar-refractivity contribution in [1.29, 1.82) is 0 Å². The molecule has 1 saturated carbocycles. The first-order chi connectivity index (χ1) is 9.97. The molecule has 1 saturated heterocycles. The molecule has 0 radical (unpaired) electrons. The van der Waals surface area contributed by atoms with Gasteiger partial charge in [0.1, 0.15) is 0 Å². The van der Waals surface area contributed by atoms with Gasteiger partial charge in [-0.05, 0) is 44.9 Å². The summed E-state index contributed by atoms with van der Waals surface area (Å²) in [4.78, 5) is 26.2. The van der Waals surface area contributed by atoms with Crippen LogP contribution in [0.3, 0.4) is 0 Å². The minimum atomic E-state index is -0.335. The molecular formula is C16H28N2O3. The van der Waals surface area contributed by atoms with Crippen LogP contribution in [0, 0.1) is 17.8 Å². The zero-order valence-corrected chi connectivity index (χ0v) is 13.2. The van der Waals surface area contributed by atoms with Crippen molar-refractivity contribution in [3.05, 3.63) is 0 Å². The molecule has 3 unspecified atom stereocenters. The molecule has 5 heteroatoms. The Morgan fingerprint density at radius 1 is 1.24 bits per heavy atom. The van der Waals surface area contributed by atoms with Gasteiger partial charge in [-0.25, -0.2) is 0 Å². The van der Waals surface area contributed by atoms with Crippen LogP contribution in [0.4, 0.5) is 0 Å². The maximum Gasteiger partial charge on any atom is 0.225 e. The van der Waals surface area contributed by atoms with E-state index in [-0.39, 0.29) is 35.7 Å². The van der Waals surface area contributed by atoms with Crippen molar-refractivity contribution in [3.8, 4) is 0 Å². The molecular weight excluding hydrogens is 268 g/mol. The van der Waals surface area contributed by atoms with Crippen molar-refractivity contribution >= 4 is 11.8 Å². The van der Waals surface area contributed by atoms with Gasteiger partial charge in [0.15, 0.2) is 0 Å². The van der Waals surface area contributed by atoms with Gasteiger partial charge in [-0.3, -0.25) is 9.59 Å². The van der Waals surface area contributed by atoms with Gasteiger partial charge >= 0.3 is 0 Å². The number of carbonyl (C=O) groups excluding carboxylic acids is 2. The molecule has 1 heterocycles. The summed E-state index contributed by atoms with van der Waals surface area (Å²) in [6.07, 6.45) is 4.17. The van der Waals surface area contributed by atoms with Gasteiger partial charge in [-0.2, -0.15) is 0 Å². The Morgan fingerprint density at radius 2 is 1.95 bits per heavy atom. The zero-order chi connectivity index (χ0) is 15.4. The standard InChI is InChI=1S/C16H28N2O3/c1-11(8-12(2)19)9-17-15(20)14-4-3-7-18(10-14)16(21)13-5-6-13/h11-14,19H,3-10H2,1-2H3,(H,17,20). The summed E-state index contributed by atoms with van der Waals surface area (Å²) >= 11 is 0. The van der Waals surface area contributed by atoms with E-state index in [0.717, 1.165) is 32.2 Å². The predicted octanol–water partition coefficient (Wildman–Crippen LogP) is 1.16. The molecule has 2 rings (SSSR count). The number of amides is 2. The molecule has 1 aliphatic heterocycles. The number of rotatable bonds is 6. The van der Waals surface area contributed by atoms with Crippen molar-refractivity contribution in [2.75, 3.05) is 19.6 Å². The van der Waals surface area contributed by atoms with Crippen LogP contribution in [-0.4, -0.2) is 47.6 Å². The molecule has 0 bridgehead atoms. The lowest BCUT2D eigenvalue weighted by Gasteiger charge is -2.32. The second-order valence-corrected chi connectivity index (χ2v) is 6.83. The third-order valence-corrected chi connectivity index (χ3v) is 4.40. The SMILES string of the molecule is CC(O)CC(C)CNC(=O)C1CCCN(C(=O)C2CC2)C1. The van der Waals surface area contributed by atoms with Crippen molar-refractivity contribution in [2.45, 2.75) is 52.1 Å². The molecule has 2 N–H and O–H groups in total. The first-order valence-electron chi connectivity index (χ1n) is 8.22. The summed E-state index contributed by atoms with van der Waals surface area (Å²) in [5.74, 6) is 0.732. The van der Waals surface area contributed by atoms with Gasteiger partial charge < -0.3 is 15.3 Å². The molecule has 120 valence electrons. The van der Waals surface area contributed by atoms with Crippen LogP contribution in [0.15, 0.2) is 0 Å². The molecule has 5 nitrogen and oxygen atoms in total. The summed E-state index contributed by atoms with van der Waals surface area (Å²) in [5.41, 5.74) is 0. The van der Waals surface area contributed by atoms with E-state index < -0.39 is 0 Å². The van der Waals surface area contributed by atoms with Crippen molar-refractivity contribution in [2.24, 2.45) is 17.8 Å². The van der Waals surface area contributed by atoms with Gasteiger partial charge in [0.25, 0.3) is 0 Å². The van der Waals surface area contributed by atoms with E-state index in [1.165, 1.54) is 0 Å². The van der Waals surface area contributed by atoms with Crippen LogP contribution in [0.2, 0.25) is 0 Å². The number of aliphatic hydroxyl groups is 1. The van der Waals surface area contributed by atoms with Gasteiger partial charge in [0.05, 0.1) is 12.0 Å². The lowest BCUT2D eigenvalue weighted by molar-refractivity contribution is -0.136. The summed E-state index contributed by atoms with van der Waals surface area (Å²) in [7, 11) is 0. The maximum atomic E-state index is 12.2. The van der Waals surface area contributed by atoms with E-state index in [1.807, 2.05) is 11.8 Å². The minimum Gasteiger partial charge on any atom is -0.393 e. The Hall–Kier alpha value is -1.10. The third-order valence-electron chi connectivity index (χ3n) is 4.40. The van der Waals surface area contributed by atoms with Gasteiger partial charge in [0.2, 0.25) is 11.8 Å². The van der Waals surface area contributed by atoms with E-state index in [4.69, 9.17) is 0 Å². The molecule has 21 heavy (non-hydrogen) atoms. The fourth-order valence-corrected chi connectivity index (χ4v) is 3.06. The number of nitrogens with zero attached hydrogens (tertiary/aromatic N) is 1. The van der Waals surface area contributed by atoms with Crippen molar-refractivity contribution in [1.82, 2.24) is 10.2 Å². The van der Waals surface area contributed by atoms with E-state index in [2.05, 4.69) is 5.32 Å². The topological polar surface area (TPSA) is 69.6 Å². The highest BCUT2D eigenvalue weighted by Gasteiger charge is 2.36. The van der Waals surface area contributed by atoms with Crippen LogP contribution in [0.1, 0.15) is 46.0 Å². The monoisotopic (exact) mass is 296 g/mol. The highest BCUT2D eigenvalue weighted by molar-refractivity contribution is 5.83. The molecule has 2 aliphatic rings. The smallest absolute Gasteiger partial charge is 0.225 e. The summed E-state index contributed by atoms with van der Waals surface area (Å²) in [6, 6.07) is 0. The molecule has 2 fully saturated rings. The molecule has 0 aromatic heterocycles. The largest absolute Gasteiger partial charge is 0.393 e. The average molecular weight is 296 g/mol. The zero-order valence-electron chi connectivity index (χ0n) is 13.2. The lowest BCUT2D eigenvalue weighted by Crippen LogP contribution is -2.46. The molecule has 0 aromatic rings. The van der Waals surface area contributed by atoms with E-state index in [9.17, 15) is 14.7 Å². The van der Waals surface area contributed by atoms with Gasteiger partial charge in [0, 0.05) is 25.6 Å². The summed E-state index contributed by atoms with van der Waals surface area (Å²) < 4.78 is 0. The number of likely N-dealkylation sites (tertiary alicyclic amines) is 1. The molecule has 0 aromatic carbocycles. The maximum absolute atomic E-state index is 12.2.